The fourth-order valence-electron chi connectivity index (χ4n) is 2.53. The number of carbonyl (C=O) groups is 1. The second-order valence-corrected chi connectivity index (χ2v) is 7.45. The van der Waals surface area contributed by atoms with Crippen LogP contribution in [-0.4, -0.2) is 24.5 Å². The van der Waals surface area contributed by atoms with E-state index in [4.69, 9.17) is 4.74 Å². The molecule has 3 nitrogen and oxygen atoms in total. The molecular weight excluding hydrogens is 362 g/mol. The summed E-state index contributed by atoms with van der Waals surface area (Å²) in [7, 11) is 1.66. The second kappa shape index (κ2) is 6.67. The number of nitrogens with zero attached hydrogens (tertiary/aromatic N) is 1. The minimum Gasteiger partial charge on any atom is -0.497 e. The Morgan fingerprint density at radius 1 is 1.36 bits per heavy atom. The van der Waals surface area contributed by atoms with Crippen LogP contribution in [0, 0.1) is 0 Å². The zero-order valence-electron chi connectivity index (χ0n) is 12.2. The topological polar surface area (TPSA) is 29.5 Å². The van der Waals surface area contributed by atoms with Gasteiger partial charge in [-0.15, -0.1) is 11.3 Å². The van der Waals surface area contributed by atoms with Crippen LogP contribution in [0.5, 0.6) is 5.75 Å². The third kappa shape index (κ3) is 3.42. The Kier molecular flexibility index (Phi) is 4.64. The molecule has 0 saturated heterocycles. The van der Waals surface area contributed by atoms with Crippen molar-refractivity contribution in [3.63, 3.8) is 0 Å². The molecule has 0 saturated carbocycles. The summed E-state index contributed by atoms with van der Waals surface area (Å²) in [6.45, 7) is 1.40. The summed E-state index contributed by atoms with van der Waals surface area (Å²) in [5, 5.41) is 2.02. The van der Waals surface area contributed by atoms with Crippen molar-refractivity contribution in [1.29, 1.82) is 0 Å². The molecule has 22 heavy (non-hydrogen) atoms. The molecule has 5 heteroatoms. The van der Waals surface area contributed by atoms with Crippen molar-refractivity contribution in [2.75, 3.05) is 13.7 Å². The van der Waals surface area contributed by atoms with Gasteiger partial charge in [-0.2, -0.15) is 0 Å². The first kappa shape index (κ1) is 15.3. The average Bonchev–Trinajstić information content (AvgIpc) is 2.97. The van der Waals surface area contributed by atoms with Gasteiger partial charge in [0.2, 0.25) is 5.91 Å². The van der Waals surface area contributed by atoms with Crippen LogP contribution in [0.1, 0.15) is 16.7 Å². The van der Waals surface area contributed by atoms with Gasteiger partial charge in [0.1, 0.15) is 5.75 Å². The predicted molar refractivity (Wildman–Crippen MR) is 93.2 cm³/mol. The van der Waals surface area contributed by atoms with E-state index < -0.39 is 0 Å². The third-order valence-corrected chi connectivity index (χ3v) is 5.27. The molecule has 0 unspecified atom stereocenters. The number of halogens is 1. The average molecular weight is 378 g/mol. The van der Waals surface area contributed by atoms with Gasteiger partial charge >= 0.3 is 0 Å². The van der Waals surface area contributed by atoms with Crippen LogP contribution >= 0.6 is 27.3 Å². The zero-order valence-corrected chi connectivity index (χ0v) is 14.6. The van der Waals surface area contributed by atoms with E-state index in [1.54, 1.807) is 24.5 Å². The van der Waals surface area contributed by atoms with Crippen molar-refractivity contribution < 1.29 is 9.53 Å². The van der Waals surface area contributed by atoms with Gasteiger partial charge in [0, 0.05) is 19.2 Å². The summed E-state index contributed by atoms with van der Waals surface area (Å²) in [5.74, 6) is 0.891. The molecular formula is C17H16BrNO2S. The van der Waals surface area contributed by atoms with E-state index in [1.807, 2.05) is 34.6 Å². The number of rotatable bonds is 3. The molecule has 2 aromatic rings. The quantitative estimate of drug-likeness (QED) is 0.752. The number of methoxy groups -OCH3 is 1. The van der Waals surface area contributed by atoms with Crippen molar-refractivity contribution in [3.05, 3.63) is 56.2 Å². The summed E-state index contributed by atoms with van der Waals surface area (Å²) in [6.07, 6.45) is 4.41. The summed E-state index contributed by atoms with van der Waals surface area (Å²) < 4.78 is 6.33. The lowest BCUT2D eigenvalue weighted by Crippen LogP contribution is -2.34. The van der Waals surface area contributed by atoms with Crippen LogP contribution in [-0.2, 0) is 17.8 Å². The molecule has 0 N–H and O–H groups in total. The molecule has 2 heterocycles. The first-order valence-electron chi connectivity index (χ1n) is 7.02. The Hall–Kier alpha value is -1.59. The van der Waals surface area contributed by atoms with Gasteiger partial charge in [-0.3, -0.25) is 4.79 Å². The monoisotopic (exact) mass is 377 g/mol. The highest BCUT2D eigenvalue weighted by Gasteiger charge is 2.19. The van der Waals surface area contributed by atoms with Crippen LogP contribution < -0.4 is 4.74 Å². The van der Waals surface area contributed by atoms with Gasteiger partial charge in [-0.1, -0.05) is 6.07 Å². The van der Waals surface area contributed by atoms with E-state index in [1.165, 1.54) is 11.1 Å². The number of fused-ring (bicyclic) bond motifs is 1. The highest BCUT2D eigenvalue weighted by atomic mass is 79.9. The Morgan fingerprint density at radius 2 is 2.23 bits per heavy atom. The fourth-order valence-corrected chi connectivity index (χ4v) is 3.68. The van der Waals surface area contributed by atoms with Crippen LogP contribution in [0.3, 0.4) is 0 Å². The largest absolute Gasteiger partial charge is 0.497 e. The second-order valence-electron chi connectivity index (χ2n) is 5.16. The summed E-state index contributed by atoms with van der Waals surface area (Å²) in [5.41, 5.74) is 3.52. The molecule has 114 valence electrons. The first-order chi connectivity index (χ1) is 10.7. The normalized spacial score (nSPS) is 14.2. The highest BCUT2D eigenvalue weighted by Crippen LogP contribution is 2.24. The van der Waals surface area contributed by atoms with Gasteiger partial charge in [0.25, 0.3) is 0 Å². The highest BCUT2D eigenvalue weighted by molar-refractivity contribution is 9.11. The van der Waals surface area contributed by atoms with Crippen LogP contribution in [0.15, 0.2) is 39.5 Å². The van der Waals surface area contributed by atoms with Crippen molar-refractivity contribution in [3.8, 4) is 5.75 Å². The maximum absolute atomic E-state index is 12.3. The van der Waals surface area contributed by atoms with Crippen molar-refractivity contribution >= 4 is 39.2 Å². The van der Waals surface area contributed by atoms with Crippen molar-refractivity contribution in [1.82, 2.24) is 4.90 Å². The minimum atomic E-state index is 0.0517. The van der Waals surface area contributed by atoms with E-state index in [9.17, 15) is 4.79 Å². The molecule has 0 bridgehead atoms. The van der Waals surface area contributed by atoms with Gasteiger partial charge < -0.3 is 9.64 Å². The SMILES string of the molecule is COc1ccc2c(c1)CN(C(=O)/C=C/c1csc(Br)c1)CC2. The fraction of sp³-hybridized carbons (Fsp3) is 0.235. The van der Waals surface area contributed by atoms with Gasteiger partial charge in [-0.05, 0) is 68.7 Å². The number of carbonyl (C=O) groups excluding carboxylic acids is 1. The maximum Gasteiger partial charge on any atom is 0.246 e. The molecule has 0 fully saturated rings. The van der Waals surface area contributed by atoms with E-state index in [2.05, 4.69) is 22.0 Å². The summed E-state index contributed by atoms with van der Waals surface area (Å²) in [6, 6.07) is 8.10. The zero-order chi connectivity index (χ0) is 15.5. The Balaban J connectivity index is 1.70. The predicted octanol–water partition coefficient (Wildman–Crippen LogP) is 4.12. The molecule has 1 aromatic heterocycles. The summed E-state index contributed by atoms with van der Waals surface area (Å²) in [4.78, 5) is 14.2. The van der Waals surface area contributed by atoms with E-state index in [0.717, 1.165) is 28.1 Å². The van der Waals surface area contributed by atoms with Crippen LogP contribution in [0.4, 0.5) is 0 Å². The molecule has 0 radical (unpaired) electrons. The number of benzene rings is 1. The summed E-state index contributed by atoms with van der Waals surface area (Å²) >= 11 is 5.04. The number of ether oxygens (including phenoxy) is 1. The van der Waals surface area contributed by atoms with Gasteiger partial charge in [-0.25, -0.2) is 0 Å². The number of amides is 1. The van der Waals surface area contributed by atoms with Gasteiger partial charge in [0.15, 0.2) is 0 Å². The van der Waals surface area contributed by atoms with Crippen molar-refractivity contribution in [2.24, 2.45) is 0 Å². The minimum absolute atomic E-state index is 0.0517. The first-order valence-corrected chi connectivity index (χ1v) is 8.70. The molecule has 1 amide bonds. The van der Waals surface area contributed by atoms with Crippen LogP contribution in [0.2, 0.25) is 0 Å². The van der Waals surface area contributed by atoms with Gasteiger partial charge in [0.05, 0.1) is 10.9 Å². The molecule has 0 spiro atoms. The van der Waals surface area contributed by atoms with Crippen molar-refractivity contribution in [2.45, 2.75) is 13.0 Å². The number of hydrogen-bond donors (Lipinski definition) is 0. The van der Waals surface area contributed by atoms with E-state index in [-0.39, 0.29) is 5.91 Å². The molecule has 3 rings (SSSR count). The lowest BCUT2D eigenvalue weighted by Gasteiger charge is -2.28. The number of thiophene rings is 1. The smallest absolute Gasteiger partial charge is 0.246 e. The lowest BCUT2D eigenvalue weighted by atomic mass is 9.99. The molecule has 0 atom stereocenters. The lowest BCUT2D eigenvalue weighted by molar-refractivity contribution is -0.126. The molecule has 1 aromatic carbocycles. The van der Waals surface area contributed by atoms with E-state index in [0.29, 0.717) is 6.54 Å². The Labute approximate surface area is 142 Å². The van der Waals surface area contributed by atoms with Crippen LogP contribution in [0.25, 0.3) is 6.08 Å². The number of hydrogen-bond acceptors (Lipinski definition) is 3. The maximum atomic E-state index is 12.3. The molecule has 1 aliphatic rings. The standard InChI is InChI=1S/C17H16BrNO2S/c1-21-15-4-3-13-6-7-19(10-14(13)9-15)17(20)5-2-12-8-16(18)22-11-12/h2-5,8-9,11H,6-7,10H2,1H3/b5-2+. The Bertz CT molecular complexity index is 723. The molecule has 0 aliphatic carbocycles. The van der Waals surface area contributed by atoms with E-state index >= 15 is 0 Å². The molecule has 1 aliphatic heterocycles. The third-order valence-electron chi connectivity index (χ3n) is 3.74. The Morgan fingerprint density at radius 3 is 2.95 bits per heavy atom.